The van der Waals surface area contributed by atoms with E-state index in [1.165, 1.54) is 0 Å². The molecule has 0 aromatic heterocycles. The van der Waals surface area contributed by atoms with Crippen molar-refractivity contribution in [2.75, 3.05) is 7.05 Å². The van der Waals surface area contributed by atoms with Gasteiger partial charge in [-0.1, -0.05) is 13.5 Å². The Kier molecular flexibility index (Phi) is 2.18. The molecule has 14 heavy (non-hydrogen) atoms. The molecule has 78 valence electrons. The Morgan fingerprint density at radius 2 is 2.21 bits per heavy atom. The summed E-state index contributed by atoms with van der Waals surface area (Å²) in [6.45, 7) is 6.12. The number of amides is 1. The topological polar surface area (TPSA) is 20.3 Å². The van der Waals surface area contributed by atoms with Crippen molar-refractivity contribution in [1.82, 2.24) is 4.90 Å². The molecule has 1 aliphatic heterocycles. The molecule has 0 aromatic rings. The van der Waals surface area contributed by atoms with E-state index in [1.807, 2.05) is 7.05 Å². The van der Waals surface area contributed by atoms with Gasteiger partial charge in [0.05, 0.1) is 0 Å². The summed E-state index contributed by atoms with van der Waals surface area (Å²) in [6, 6.07) is 0. The molecule has 0 bridgehead atoms. The number of carbonyl (C=O) groups is 1. The van der Waals surface area contributed by atoms with Crippen LogP contribution in [0.1, 0.15) is 26.2 Å². The van der Waals surface area contributed by atoms with Gasteiger partial charge in [-0.2, -0.15) is 12.6 Å². The van der Waals surface area contributed by atoms with Crippen molar-refractivity contribution in [3.05, 3.63) is 12.3 Å². The maximum atomic E-state index is 11.9. The summed E-state index contributed by atoms with van der Waals surface area (Å²) < 4.78 is 0.0300. The quantitative estimate of drug-likeness (QED) is 0.608. The van der Waals surface area contributed by atoms with Crippen molar-refractivity contribution in [3.63, 3.8) is 0 Å². The summed E-state index contributed by atoms with van der Waals surface area (Å²) in [5, 5.41) is 0. The first-order chi connectivity index (χ1) is 6.42. The zero-order valence-electron chi connectivity index (χ0n) is 8.79. The first-order valence-corrected chi connectivity index (χ1v) is 5.56. The van der Waals surface area contributed by atoms with Gasteiger partial charge >= 0.3 is 0 Å². The maximum absolute atomic E-state index is 11.9. The standard InChI is InChI=1S/C11H17NOS/c1-7-8-4-5-11(2,14)6-9(8)10(13)12(7)3/h8-9,14H,1,4-6H2,2-3H3. The summed E-state index contributed by atoms with van der Waals surface area (Å²) >= 11 is 4.60. The highest BCUT2D eigenvalue weighted by Crippen LogP contribution is 2.47. The van der Waals surface area contributed by atoms with Crippen LogP contribution in [0.4, 0.5) is 0 Å². The third-order valence-electron chi connectivity index (χ3n) is 3.65. The fraction of sp³-hybridized carbons (Fsp3) is 0.727. The second-order valence-electron chi connectivity index (χ2n) is 4.84. The van der Waals surface area contributed by atoms with Gasteiger partial charge in [-0.05, 0) is 19.3 Å². The summed E-state index contributed by atoms with van der Waals surface area (Å²) in [6.07, 6.45) is 3.03. The molecular weight excluding hydrogens is 194 g/mol. The van der Waals surface area contributed by atoms with E-state index in [4.69, 9.17) is 0 Å². The van der Waals surface area contributed by atoms with Crippen molar-refractivity contribution >= 4 is 18.5 Å². The lowest BCUT2D eigenvalue weighted by molar-refractivity contribution is -0.130. The molecule has 1 aliphatic carbocycles. The van der Waals surface area contributed by atoms with E-state index in [2.05, 4.69) is 26.1 Å². The third kappa shape index (κ3) is 1.38. The zero-order valence-corrected chi connectivity index (χ0v) is 9.68. The molecule has 2 rings (SSSR count). The Hall–Kier alpha value is -0.440. The Morgan fingerprint density at radius 3 is 2.86 bits per heavy atom. The highest BCUT2D eigenvalue weighted by molar-refractivity contribution is 7.81. The van der Waals surface area contributed by atoms with Gasteiger partial charge in [0.25, 0.3) is 0 Å². The molecular formula is C11H17NOS. The molecule has 1 saturated heterocycles. The molecule has 0 N–H and O–H groups in total. The van der Waals surface area contributed by atoms with E-state index in [0.717, 1.165) is 25.0 Å². The van der Waals surface area contributed by atoms with Crippen molar-refractivity contribution in [1.29, 1.82) is 0 Å². The van der Waals surface area contributed by atoms with Crippen molar-refractivity contribution in [2.24, 2.45) is 11.8 Å². The molecule has 1 heterocycles. The summed E-state index contributed by atoms with van der Waals surface area (Å²) in [5.74, 6) is 0.761. The van der Waals surface area contributed by atoms with Gasteiger partial charge in [-0.3, -0.25) is 4.79 Å². The van der Waals surface area contributed by atoms with E-state index < -0.39 is 0 Å². The van der Waals surface area contributed by atoms with Crippen LogP contribution in [0, 0.1) is 11.8 Å². The minimum atomic E-state index is 0.0300. The number of nitrogens with zero attached hydrogens (tertiary/aromatic N) is 1. The molecule has 2 nitrogen and oxygen atoms in total. The third-order valence-corrected chi connectivity index (χ3v) is 4.05. The zero-order chi connectivity index (χ0) is 10.5. The lowest BCUT2D eigenvalue weighted by Gasteiger charge is -2.34. The van der Waals surface area contributed by atoms with Crippen molar-refractivity contribution in [3.8, 4) is 0 Å². The van der Waals surface area contributed by atoms with Crippen LogP contribution >= 0.6 is 12.6 Å². The first kappa shape index (κ1) is 10.1. The van der Waals surface area contributed by atoms with Gasteiger partial charge < -0.3 is 4.90 Å². The van der Waals surface area contributed by atoms with Crippen LogP contribution in [0.5, 0.6) is 0 Å². The molecule has 2 fully saturated rings. The highest BCUT2D eigenvalue weighted by atomic mass is 32.1. The largest absolute Gasteiger partial charge is 0.319 e. The lowest BCUT2D eigenvalue weighted by atomic mass is 9.75. The van der Waals surface area contributed by atoms with Crippen LogP contribution in [0.15, 0.2) is 12.3 Å². The summed E-state index contributed by atoms with van der Waals surface area (Å²) in [4.78, 5) is 13.6. The van der Waals surface area contributed by atoms with Crippen LogP contribution < -0.4 is 0 Å². The van der Waals surface area contributed by atoms with Crippen LogP contribution in [-0.2, 0) is 4.79 Å². The normalized spacial score (nSPS) is 42.9. The number of carbonyl (C=O) groups excluding carboxylic acids is 1. The van der Waals surface area contributed by atoms with E-state index in [-0.39, 0.29) is 16.6 Å². The minimum Gasteiger partial charge on any atom is -0.319 e. The average molecular weight is 211 g/mol. The number of fused-ring (bicyclic) bond motifs is 1. The van der Waals surface area contributed by atoms with Crippen molar-refractivity contribution in [2.45, 2.75) is 30.9 Å². The van der Waals surface area contributed by atoms with Gasteiger partial charge in [0, 0.05) is 29.3 Å². The van der Waals surface area contributed by atoms with E-state index in [1.54, 1.807) is 4.90 Å². The molecule has 1 saturated carbocycles. The molecule has 3 atom stereocenters. The smallest absolute Gasteiger partial charge is 0.230 e. The fourth-order valence-electron chi connectivity index (χ4n) is 2.68. The van der Waals surface area contributed by atoms with Gasteiger partial charge in [-0.25, -0.2) is 0 Å². The van der Waals surface area contributed by atoms with Crippen LogP contribution in [0.25, 0.3) is 0 Å². The molecule has 1 amide bonds. The Morgan fingerprint density at radius 1 is 1.57 bits per heavy atom. The molecule has 3 heteroatoms. The lowest BCUT2D eigenvalue weighted by Crippen LogP contribution is -2.33. The van der Waals surface area contributed by atoms with E-state index in [0.29, 0.717) is 5.92 Å². The van der Waals surface area contributed by atoms with Crippen LogP contribution in [0.3, 0.4) is 0 Å². The van der Waals surface area contributed by atoms with Gasteiger partial charge in [0.2, 0.25) is 5.91 Å². The second-order valence-corrected chi connectivity index (χ2v) is 5.92. The van der Waals surface area contributed by atoms with E-state index >= 15 is 0 Å². The van der Waals surface area contributed by atoms with Crippen molar-refractivity contribution < 1.29 is 4.79 Å². The molecule has 0 radical (unpaired) electrons. The number of allylic oxidation sites excluding steroid dienone is 1. The number of thiol groups is 1. The van der Waals surface area contributed by atoms with Crippen LogP contribution in [0.2, 0.25) is 0 Å². The first-order valence-electron chi connectivity index (χ1n) is 5.11. The SMILES string of the molecule is C=C1C2CCC(C)(S)CC2C(=O)N1C. The average Bonchev–Trinajstić information content (AvgIpc) is 2.30. The molecule has 3 unspecified atom stereocenters. The fourth-order valence-corrected chi connectivity index (χ4v) is 3.01. The highest BCUT2D eigenvalue weighted by Gasteiger charge is 2.47. The monoisotopic (exact) mass is 211 g/mol. The molecule has 0 spiro atoms. The van der Waals surface area contributed by atoms with Gasteiger partial charge in [0.1, 0.15) is 0 Å². The van der Waals surface area contributed by atoms with Gasteiger partial charge in [-0.15, -0.1) is 0 Å². The van der Waals surface area contributed by atoms with E-state index in [9.17, 15) is 4.79 Å². The number of rotatable bonds is 0. The number of likely N-dealkylation sites (tertiary alicyclic amines) is 1. The summed E-state index contributed by atoms with van der Waals surface area (Å²) in [5.41, 5.74) is 1.00. The Labute approximate surface area is 90.8 Å². The number of hydrogen-bond donors (Lipinski definition) is 1. The number of hydrogen-bond acceptors (Lipinski definition) is 2. The van der Waals surface area contributed by atoms with Crippen LogP contribution in [-0.4, -0.2) is 22.6 Å². The van der Waals surface area contributed by atoms with Gasteiger partial charge in [0.15, 0.2) is 0 Å². The predicted molar refractivity (Wildman–Crippen MR) is 60.1 cm³/mol. The second kappa shape index (κ2) is 3.02. The summed E-state index contributed by atoms with van der Waals surface area (Å²) in [7, 11) is 1.83. The Bertz CT molecular complexity index is 298. The predicted octanol–water partition coefficient (Wildman–Crippen LogP) is 2.08. The molecule has 2 aliphatic rings. The molecule has 0 aromatic carbocycles. The Balaban J connectivity index is 2.24. The minimum absolute atomic E-state index is 0.0300. The maximum Gasteiger partial charge on any atom is 0.230 e.